The summed E-state index contributed by atoms with van der Waals surface area (Å²) in [5.41, 5.74) is 2.90. The summed E-state index contributed by atoms with van der Waals surface area (Å²) < 4.78 is 22.8. The number of nitriles is 1. The molecule has 2 atom stereocenters. The Labute approximate surface area is 187 Å². The van der Waals surface area contributed by atoms with E-state index in [-0.39, 0.29) is 11.8 Å². The van der Waals surface area contributed by atoms with Crippen LogP contribution < -0.4 is 18.9 Å². The smallest absolute Gasteiger partial charge is 0.244 e. The Bertz CT molecular complexity index is 1180. The first-order valence-corrected chi connectivity index (χ1v) is 10.1. The van der Waals surface area contributed by atoms with Gasteiger partial charge in [-0.15, -0.1) is 5.10 Å². The Kier molecular flexibility index (Phi) is 5.57. The van der Waals surface area contributed by atoms with Gasteiger partial charge in [-0.1, -0.05) is 34.1 Å². The number of fused-ring (bicyclic) bond motifs is 1. The molecule has 3 aromatic rings. The van der Waals surface area contributed by atoms with Gasteiger partial charge in [-0.2, -0.15) is 5.26 Å². The predicted molar refractivity (Wildman–Crippen MR) is 117 cm³/mol. The van der Waals surface area contributed by atoms with Gasteiger partial charge in [0.2, 0.25) is 17.5 Å². The van der Waals surface area contributed by atoms with Crippen molar-refractivity contribution in [2.75, 3.05) is 21.3 Å². The van der Waals surface area contributed by atoms with Gasteiger partial charge in [0.25, 0.3) is 0 Å². The van der Waals surface area contributed by atoms with Crippen LogP contribution in [-0.2, 0) is 0 Å². The first kappa shape index (κ1) is 20.8. The van der Waals surface area contributed by atoms with Crippen molar-refractivity contribution in [2.24, 2.45) is 5.92 Å². The minimum Gasteiger partial charge on any atom is -0.493 e. The standard InChI is InChI=1S/C22H19BrN4O4/c1-28-15-8-11(9-16(29-2)20(15)30-3)19-18-17(12-6-4-5-7-14(12)23)13(10-24)21(25)31-22(18)27-26-19/h4-9,13,17,25H,1-3H3,(H,26,27). The molecule has 2 heterocycles. The lowest BCUT2D eigenvalue weighted by Crippen LogP contribution is -2.31. The molecule has 1 aliphatic rings. The fourth-order valence-corrected chi connectivity index (χ4v) is 4.36. The first-order valence-electron chi connectivity index (χ1n) is 9.33. The Morgan fingerprint density at radius 3 is 2.39 bits per heavy atom. The number of benzene rings is 2. The van der Waals surface area contributed by atoms with Crippen LogP contribution in [0.25, 0.3) is 11.3 Å². The number of hydrogen-bond donors (Lipinski definition) is 2. The number of rotatable bonds is 5. The zero-order valence-corrected chi connectivity index (χ0v) is 18.6. The number of hydrogen-bond acceptors (Lipinski definition) is 7. The second-order valence-electron chi connectivity index (χ2n) is 6.80. The second-order valence-corrected chi connectivity index (χ2v) is 7.66. The van der Waals surface area contributed by atoms with E-state index >= 15 is 0 Å². The Hall–Kier alpha value is -3.51. The molecular weight excluding hydrogens is 464 g/mol. The maximum Gasteiger partial charge on any atom is 0.244 e. The van der Waals surface area contributed by atoms with Crippen LogP contribution in [0, 0.1) is 22.7 Å². The second kappa shape index (κ2) is 8.32. The summed E-state index contributed by atoms with van der Waals surface area (Å²) in [6, 6.07) is 13.4. The number of nitrogens with one attached hydrogen (secondary N) is 2. The lowest BCUT2D eigenvalue weighted by atomic mass is 9.79. The Morgan fingerprint density at radius 2 is 1.81 bits per heavy atom. The van der Waals surface area contributed by atoms with E-state index in [9.17, 15) is 5.26 Å². The van der Waals surface area contributed by atoms with Crippen LogP contribution in [0.15, 0.2) is 40.9 Å². The van der Waals surface area contributed by atoms with Crippen LogP contribution in [0.5, 0.6) is 23.1 Å². The average molecular weight is 483 g/mol. The minimum atomic E-state index is -0.815. The molecule has 0 aliphatic carbocycles. The number of methoxy groups -OCH3 is 3. The van der Waals surface area contributed by atoms with Crippen LogP contribution >= 0.6 is 15.9 Å². The van der Waals surface area contributed by atoms with Crippen molar-refractivity contribution >= 4 is 21.8 Å². The summed E-state index contributed by atoms with van der Waals surface area (Å²) in [7, 11) is 4.63. The highest BCUT2D eigenvalue weighted by atomic mass is 79.9. The molecule has 0 bridgehead atoms. The van der Waals surface area contributed by atoms with Crippen LogP contribution in [0.3, 0.4) is 0 Å². The average Bonchev–Trinajstić information content (AvgIpc) is 3.20. The molecule has 0 saturated heterocycles. The van der Waals surface area contributed by atoms with Crippen molar-refractivity contribution in [3.63, 3.8) is 0 Å². The number of H-pyrrole nitrogens is 1. The maximum absolute atomic E-state index is 9.87. The van der Waals surface area contributed by atoms with Gasteiger partial charge in [-0.3, -0.25) is 10.5 Å². The molecule has 4 rings (SSSR count). The van der Waals surface area contributed by atoms with Gasteiger partial charge in [-0.25, -0.2) is 0 Å². The van der Waals surface area contributed by atoms with E-state index in [2.05, 4.69) is 32.2 Å². The highest BCUT2D eigenvalue weighted by molar-refractivity contribution is 9.10. The molecule has 2 unspecified atom stereocenters. The zero-order chi connectivity index (χ0) is 22.1. The summed E-state index contributed by atoms with van der Waals surface area (Å²) in [6.07, 6.45) is 0. The summed E-state index contributed by atoms with van der Waals surface area (Å²) in [6.45, 7) is 0. The Morgan fingerprint density at radius 1 is 1.13 bits per heavy atom. The number of nitrogens with zero attached hydrogens (tertiary/aromatic N) is 2. The van der Waals surface area contributed by atoms with Gasteiger partial charge < -0.3 is 18.9 Å². The van der Waals surface area contributed by atoms with E-state index < -0.39 is 11.8 Å². The topological polar surface area (TPSA) is 113 Å². The first-order chi connectivity index (χ1) is 15.0. The number of aromatic amines is 1. The third-order valence-corrected chi connectivity index (χ3v) is 5.96. The van der Waals surface area contributed by atoms with Crippen molar-refractivity contribution in [3.05, 3.63) is 52.0 Å². The zero-order valence-electron chi connectivity index (χ0n) is 17.0. The third-order valence-electron chi connectivity index (χ3n) is 5.24. The van der Waals surface area contributed by atoms with Crippen LogP contribution in [0.2, 0.25) is 0 Å². The van der Waals surface area contributed by atoms with Crippen LogP contribution in [0.1, 0.15) is 17.0 Å². The van der Waals surface area contributed by atoms with Gasteiger partial charge in [0, 0.05) is 16.0 Å². The van der Waals surface area contributed by atoms with Crippen molar-refractivity contribution < 1.29 is 18.9 Å². The molecule has 9 heteroatoms. The van der Waals surface area contributed by atoms with Crippen molar-refractivity contribution in [3.8, 4) is 40.5 Å². The third kappa shape index (κ3) is 3.39. The molecule has 0 spiro atoms. The molecule has 8 nitrogen and oxygen atoms in total. The highest BCUT2D eigenvalue weighted by Gasteiger charge is 2.41. The lowest BCUT2D eigenvalue weighted by molar-refractivity contribution is 0.324. The van der Waals surface area contributed by atoms with Crippen LogP contribution in [-0.4, -0.2) is 37.4 Å². The quantitative estimate of drug-likeness (QED) is 0.552. The number of aromatic nitrogens is 2. The number of halogens is 1. The van der Waals surface area contributed by atoms with Gasteiger partial charge in [0.1, 0.15) is 5.92 Å². The maximum atomic E-state index is 9.87. The monoisotopic (exact) mass is 482 g/mol. The highest BCUT2D eigenvalue weighted by Crippen LogP contribution is 2.49. The fourth-order valence-electron chi connectivity index (χ4n) is 3.83. The molecule has 31 heavy (non-hydrogen) atoms. The van der Waals surface area contributed by atoms with Gasteiger partial charge in [0.05, 0.1) is 38.7 Å². The molecular formula is C22H19BrN4O4. The van der Waals surface area contributed by atoms with Crippen LogP contribution in [0.4, 0.5) is 0 Å². The lowest BCUT2D eigenvalue weighted by Gasteiger charge is -2.29. The summed E-state index contributed by atoms with van der Waals surface area (Å²) in [4.78, 5) is 0. The van der Waals surface area contributed by atoms with E-state index in [1.54, 1.807) is 26.4 Å². The molecule has 0 amide bonds. The van der Waals surface area contributed by atoms with E-state index in [4.69, 9.17) is 24.4 Å². The largest absolute Gasteiger partial charge is 0.493 e. The minimum absolute atomic E-state index is 0.140. The van der Waals surface area contributed by atoms with E-state index in [0.717, 1.165) is 10.0 Å². The molecule has 0 radical (unpaired) electrons. The van der Waals surface area contributed by atoms with Gasteiger partial charge in [-0.05, 0) is 23.8 Å². The van der Waals surface area contributed by atoms with E-state index in [1.807, 2.05) is 24.3 Å². The normalized spacial score (nSPS) is 17.3. The molecule has 1 aliphatic heterocycles. The van der Waals surface area contributed by atoms with Crippen molar-refractivity contribution in [1.82, 2.24) is 10.2 Å². The van der Waals surface area contributed by atoms with E-state index in [0.29, 0.717) is 34.1 Å². The summed E-state index contributed by atoms with van der Waals surface area (Å²) in [5, 5.41) is 25.4. The molecule has 1 aromatic heterocycles. The molecule has 158 valence electrons. The number of ether oxygens (including phenoxy) is 4. The van der Waals surface area contributed by atoms with Gasteiger partial charge in [0.15, 0.2) is 11.5 Å². The molecule has 2 aromatic carbocycles. The predicted octanol–water partition coefficient (Wildman–Crippen LogP) is 4.51. The fraction of sp³-hybridized carbons (Fsp3) is 0.227. The van der Waals surface area contributed by atoms with Gasteiger partial charge >= 0.3 is 0 Å². The molecule has 0 fully saturated rings. The summed E-state index contributed by atoms with van der Waals surface area (Å²) >= 11 is 3.59. The Balaban J connectivity index is 1.97. The molecule has 0 saturated carbocycles. The summed E-state index contributed by atoms with van der Waals surface area (Å²) in [5.74, 6) is 0.282. The molecule has 2 N–H and O–H groups in total. The van der Waals surface area contributed by atoms with Crippen molar-refractivity contribution in [2.45, 2.75) is 5.92 Å². The van der Waals surface area contributed by atoms with Crippen molar-refractivity contribution in [1.29, 1.82) is 10.7 Å². The SMILES string of the molecule is COc1cc(-c2[nH]nc3c2C(c2ccccc2Br)C(C#N)C(=N)O3)cc(OC)c1OC. The van der Waals surface area contributed by atoms with E-state index in [1.165, 1.54) is 7.11 Å².